The van der Waals surface area contributed by atoms with E-state index in [0.29, 0.717) is 27.5 Å². The number of hydrogen-bond acceptors (Lipinski definition) is 5. The fraction of sp³-hybridized carbons (Fsp3) is 0.400. The molecule has 0 aliphatic carbocycles. The van der Waals surface area contributed by atoms with Gasteiger partial charge in [-0.25, -0.2) is 4.98 Å². The van der Waals surface area contributed by atoms with Gasteiger partial charge < -0.3 is 4.52 Å². The van der Waals surface area contributed by atoms with Crippen LogP contribution >= 0.6 is 22.6 Å². The van der Waals surface area contributed by atoms with Crippen LogP contribution in [-0.4, -0.2) is 19.7 Å². The average Bonchev–Trinajstić information content (AvgIpc) is 2.77. The third-order valence-electron chi connectivity index (χ3n) is 2.32. The SMILES string of the molecule is CCc1noc(Cn2c(C)ncc(I)c2=O)n1. The number of halogens is 1. The normalized spacial score (nSPS) is 10.8. The summed E-state index contributed by atoms with van der Waals surface area (Å²) in [5.41, 5.74) is -0.0886. The van der Waals surface area contributed by atoms with E-state index in [2.05, 4.69) is 15.1 Å². The molecule has 2 aromatic rings. The van der Waals surface area contributed by atoms with Crippen molar-refractivity contribution < 1.29 is 4.52 Å². The molecular formula is C10H11IN4O2. The van der Waals surface area contributed by atoms with Gasteiger partial charge in [-0.05, 0) is 29.5 Å². The Labute approximate surface area is 111 Å². The Kier molecular flexibility index (Phi) is 3.55. The lowest BCUT2D eigenvalue weighted by molar-refractivity contribution is 0.363. The smallest absolute Gasteiger partial charge is 0.267 e. The molecule has 2 rings (SSSR count). The monoisotopic (exact) mass is 346 g/mol. The van der Waals surface area contributed by atoms with Gasteiger partial charge in [-0.3, -0.25) is 9.36 Å². The molecule has 0 N–H and O–H groups in total. The van der Waals surface area contributed by atoms with Gasteiger partial charge in [0, 0.05) is 12.6 Å². The highest BCUT2D eigenvalue weighted by molar-refractivity contribution is 14.1. The highest BCUT2D eigenvalue weighted by Crippen LogP contribution is 2.03. The fourth-order valence-corrected chi connectivity index (χ4v) is 1.80. The second kappa shape index (κ2) is 4.94. The van der Waals surface area contributed by atoms with Crippen LogP contribution in [0.15, 0.2) is 15.5 Å². The van der Waals surface area contributed by atoms with Gasteiger partial charge in [-0.15, -0.1) is 0 Å². The molecule has 0 radical (unpaired) electrons. The Hall–Kier alpha value is -1.25. The molecule has 17 heavy (non-hydrogen) atoms. The largest absolute Gasteiger partial charge is 0.337 e. The third kappa shape index (κ3) is 2.54. The summed E-state index contributed by atoms with van der Waals surface area (Å²) in [6.45, 7) is 3.98. The molecule has 0 spiro atoms. The number of aromatic nitrogens is 4. The van der Waals surface area contributed by atoms with Gasteiger partial charge in [0.25, 0.3) is 5.56 Å². The van der Waals surface area contributed by atoms with Crippen LogP contribution in [-0.2, 0) is 13.0 Å². The summed E-state index contributed by atoms with van der Waals surface area (Å²) in [4.78, 5) is 20.2. The number of rotatable bonds is 3. The Morgan fingerprint density at radius 3 is 2.94 bits per heavy atom. The van der Waals surface area contributed by atoms with Gasteiger partial charge >= 0.3 is 0 Å². The summed E-state index contributed by atoms with van der Waals surface area (Å²) in [6.07, 6.45) is 2.27. The molecule has 0 amide bonds. The summed E-state index contributed by atoms with van der Waals surface area (Å²) in [5, 5.41) is 3.79. The summed E-state index contributed by atoms with van der Waals surface area (Å²) in [7, 11) is 0. The molecule has 2 aromatic heterocycles. The van der Waals surface area contributed by atoms with Crippen LogP contribution in [0.1, 0.15) is 24.5 Å². The Balaban J connectivity index is 2.36. The molecule has 6 nitrogen and oxygen atoms in total. The van der Waals surface area contributed by atoms with E-state index in [9.17, 15) is 4.79 Å². The van der Waals surface area contributed by atoms with Gasteiger partial charge in [-0.1, -0.05) is 12.1 Å². The first kappa shape index (κ1) is 12.2. The van der Waals surface area contributed by atoms with Crippen LogP contribution < -0.4 is 5.56 Å². The zero-order valence-corrected chi connectivity index (χ0v) is 11.6. The number of nitrogens with zero attached hydrogens (tertiary/aromatic N) is 4. The van der Waals surface area contributed by atoms with Crippen LogP contribution in [0.2, 0.25) is 0 Å². The Morgan fingerprint density at radius 2 is 2.29 bits per heavy atom. The zero-order valence-electron chi connectivity index (χ0n) is 9.47. The van der Waals surface area contributed by atoms with Crippen LogP contribution in [0.3, 0.4) is 0 Å². The van der Waals surface area contributed by atoms with Crippen molar-refractivity contribution in [1.82, 2.24) is 19.7 Å². The first-order chi connectivity index (χ1) is 8.11. The number of aryl methyl sites for hydroxylation is 2. The van der Waals surface area contributed by atoms with Crippen molar-refractivity contribution in [3.05, 3.63) is 37.7 Å². The molecule has 7 heteroatoms. The second-order valence-electron chi connectivity index (χ2n) is 3.50. The Morgan fingerprint density at radius 1 is 1.53 bits per heavy atom. The molecular weight excluding hydrogens is 335 g/mol. The molecule has 0 saturated carbocycles. The first-order valence-electron chi connectivity index (χ1n) is 5.15. The van der Waals surface area contributed by atoms with Crippen molar-refractivity contribution in [2.24, 2.45) is 0 Å². The van der Waals surface area contributed by atoms with E-state index in [-0.39, 0.29) is 12.1 Å². The minimum absolute atomic E-state index is 0.0886. The zero-order chi connectivity index (χ0) is 12.4. The summed E-state index contributed by atoms with van der Waals surface area (Å²) in [6, 6.07) is 0. The molecule has 0 aliphatic heterocycles. The van der Waals surface area contributed by atoms with E-state index in [4.69, 9.17) is 4.52 Å². The molecule has 0 aromatic carbocycles. The average molecular weight is 346 g/mol. The standard InChI is InChI=1S/C10H11IN4O2/c1-3-8-13-9(17-14-8)5-15-6(2)12-4-7(11)10(15)16/h4H,3,5H2,1-2H3. The molecule has 0 aliphatic rings. The van der Waals surface area contributed by atoms with Crippen LogP contribution in [0.4, 0.5) is 0 Å². The molecule has 0 bridgehead atoms. The third-order valence-corrected chi connectivity index (χ3v) is 3.06. The lowest BCUT2D eigenvalue weighted by Gasteiger charge is -2.05. The van der Waals surface area contributed by atoms with Gasteiger partial charge in [0.15, 0.2) is 5.82 Å². The molecule has 0 unspecified atom stereocenters. The Bertz CT molecular complexity index is 590. The summed E-state index contributed by atoms with van der Waals surface area (Å²) >= 11 is 1.96. The van der Waals surface area contributed by atoms with Gasteiger partial charge in [-0.2, -0.15) is 4.98 Å². The van der Waals surface area contributed by atoms with E-state index < -0.39 is 0 Å². The lowest BCUT2D eigenvalue weighted by atomic mass is 10.4. The molecule has 0 saturated heterocycles. The van der Waals surface area contributed by atoms with Crippen LogP contribution in [0, 0.1) is 10.5 Å². The van der Waals surface area contributed by atoms with Crippen LogP contribution in [0.25, 0.3) is 0 Å². The molecule has 0 fully saturated rings. The van der Waals surface area contributed by atoms with Crippen molar-refractivity contribution >= 4 is 22.6 Å². The van der Waals surface area contributed by atoms with Gasteiger partial charge in [0.05, 0.1) is 3.57 Å². The maximum Gasteiger partial charge on any atom is 0.267 e. The minimum Gasteiger partial charge on any atom is -0.337 e. The first-order valence-corrected chi connectivity index (χ1v) is 6.23. The van der Waals surface area contributed by atoms with E-state index >= 15 is 0 Å². The molecule has 2 heterocycles. The molecule has 90 valence electrons. The quantitative estimate of drug-likeness (QED) is 0.780. The highest BCUT2D eigenvalue weighted by Gasteiger charge is 2.10. The summed E-state index contributed by atoms with van der Waals surface area (Å²) < 4.78 is 7.15. The van der Waals surface area contributed by atoms with Crippen LogP contribution in [0.5, 0.6) is 0 Å². The second-order valence-corrected chi connectivity index (χ2v) is 4.66. The number of hydrogen-bond donors (Lipinski definition) is 0. The highest BCUT2D eigenvalue weighted by atomic mass is 127. The topological polar surface area (TPSA) is 73.8 Å². The maximum atomic E-state index is 11.9. The van der Waals surface area contributed by atoms with E-state index in [1.54, 1.807) is 13.1 Å². The fourth-order valence-electron chi connectivity index (χ4n) is 1.37. The van der Waals surface area contributed by atoms with Crippen molar-refractivity contribution in [1.29, 1.82) is 0 Å². The van der Waals surface area contributed by atoms with Gasteiger partial charge in [0.1, 0.15) is 12.4 Å². The van der Waals surface area contributed by atoms with E-state index in [0.717, 1.165) is 0 Å². The van der Waals surface area contributed by atoms with Crippen molar-refractivity contribution in [2.45, 2.75) is 26.8 Å². The summed E-state index contributed by atoms with van der Waals surface area (Å²) in [5.74, 6) is 1.70. The maximum absolute atomic E-state index is 11.9. The van der Waals surface area contributed by atoms with Crippen molar-refractivity contribution in [2.75, 3.05) is 0 Å². The predicted molar refractivity (Wildman–Crippen MR) is 68.7 cm³/mol. The lowest BCUT2D eigenvalue weighted by Crippen LogP contribution is -2.26. The minimum atomic E-state index is -0.0886. The van der Waals surface area contributed by atoms with E-state index in [1.807, 2.05) is 29.5 Å². The van der Waals surface area contributed by atoms with E-state index in [1.165, 1.54) is 4.57 Å². The van der Waals surface area contributed by atoms with Crippen molar-refractivity contribution in [3.8, 4) is 0 Å². The van der Waals surface area contributed by atoms with Gasteiger partial charge in [0.2, 0.25) is 5.89 Å². The molecule has 0 atom stereocenters. The predicted octanol–water partition coefficient (Wildman–Crippen LogP) is 1.15. The van der Waals surface area contributed by atoms with Crippen molar-refractivity contribution in [3.63, 3.8) is 0 Å².